The normalized spacial score (nSPS) is 12.7. The van der Waals surface area contributed by atoms with E-state index in [0.717, 1.165) is 0 Å². The van der Waals surface area contributed by atoms with E-state index in [2.05, 4.69) is 10.3 Å². The number of carbonyl (C=O) groups is 1. The van der Waals surface area contributed by atoms with Gasteiger partial charge in [-0.1, -0.05) is 23.4 Å². The van der Waals surface area contributed by atoms with Crippen molar-refractivity contribution in [2.45, 2.75) is 5.16 Å². The molecule has 162 valence electrons. The van der Waals surface area contributed by atoms with Crippen molar-refractivity contribution in [1.82, 2.24) is 9.55 Å². The summed E-state index contributed by atoms with van der Waals surface area (Å²) in [6.07, 6.45) is 0. The highest BCUT2D eigenvalue weighted by Crippen LogP contribution is 2.32. The Labute approximate surface area is 195 Å². The van der Waals surface area contributed by atoms with Crippen LogP contribution in [-0.2, 0) is 4.79 Å². The predicted molar refractivity (Wildman–Crippen MR) is 127 cm³/mol. The van der Waals surface area contributed by atoms with E-state index in [1.165, 1.54) is 27.7 Å². The van der Waals surface area contributed by atoms with E-state index in [4.69, 9.17) is 21.1 Å². The molecule has 10 heteroatoms. The number of carbonyl (C=O) groups excluding carboxylic acids is 1. The van der Waals surface area contributed by atoms with Gasteiger partial charge in [0.2, 0.25) is 5.91 Å². The van der Waals surface area contributed by atoms with Crippen molar-refractivity contribution in [1.29, 1.82) is 0 Å². The van der Waals surface area contributed by atoms with Crippen LogP contribution in [0.15, 0.2) is 63.9 Å². The van der Waals surface area contributed by atoms with Gasteiger partial charge in [-0.05, 0) is 47.8 Å². The average molecular weight is 486 g/mol. The van der Waals surface area contributed by atoms with Gasteiger partial charge in [-0.2, -0.15) is 0 Å². The highest BCUT2D eigenvalue weighted by atomic mass is 35.5. The van der Waals surface area contributed by atoms with Gasteiger partial charge in [0.25, 0.3) is 5.56 Å². The first kappa shape index (κ1) is 20.9. The number of hydrogen-bond donors (Lipinski definition) is 1. The number of ether oxygens (including phenoxy) is 2. The fourth-order valence-corrected chi connectivity index (χ4v) is 4.95. The molecule has 1 N–H and O–H groups in total. The van der Waals surface area contributed by atoms with Crippen LogP contribution in [0, 0.1) is 0 Å². The Morgan fingerprint density at radius 3 is 2.72 bits per heavy atom. The lowest BCUT2D eigenvalue weighted by molar-refractivity contribution is -0.113. The van der Waals surface area contributed by atoms with Gasteiger partial charge in [0.1, 0.15) is 17.9 Å². The molecule has 0 radical (unpaired) electrons. The zero-order chi connectivity index (χ0) is 22.1. The molecule has 7 nitrogen and oxygen atoms in total. The van der Waals surface area contributed by atoms with Crippen molar-refractivity contribution in [3.63, 3.8) is 0 Å². The van der Waals surface area contributed by atoms with Crippen molar-refractivity contribution in [2.24, 2.45) is 0 Å². The van der Waals surface area contributed by atoms with E-state index < -0.39 is 0 Å². The number of benzene rings is 2. The Balaban J connectivity index is 1.39. The molecule has 1 aliphatic heterocycles. The van der Waals surface area contributed by atoms with E-state index in [1.807, 2.05) is 5.38 Å². The zero-order valence-corrected chi connectivity index (χ0v) is 18.9. The molecular weight excluding hydrogens is 470 g/mol. The topological polar surface area (TPSA) is 82.5 Å². The quantitative estimate of drug-likeness (QED) is 0.328. The van der Waals surface area contributed by atoms with Crippen LogP contribution in [0.4, 0.5) is 5.69 Å². The Morgan fingerprint density at radius 1 is 1.12 bits per heavy atom. The van der Waals surface area contributed by atoms with Crippen molar-refractivity contribution in [2.75, 3.05) is 24.3 Å². The Hall–Kier alpha value is -3.01. The smallest absolute Gasteiger partial charge is 0.276 e. The van der Waals surface area contributed by atoms with Gasteiger partial charge in [0, 0.05) is 16.8 Å². The summed E-state index contributed by atoms with van der Waals surface area (Å²) in [5.74, 6) is 1.10. The summed E-state index contributed by atoms with van der Waals surface area (Å²) in [5, 5.41) is 5.68. The number of amides is 1. The van der Waals surface area contributed by atoms with Gasteiger partial charge in [0.05, 0.1) is 17.0 Å². The SMILES string of the molecule is O=C(CSc1nc2ccsc2c(=O)n1-c1ccc(Cl)cc1)Nc1ccc2c(c1)OCCO2. The maximum atomic E-state index is 13.1. The predicted octanol–water partition coefficient (Wildman–Crippen LogP) is 4.60. The lowest BCUT2D eigenvalue weighted by Gasteiger charge is -2.19. The van der Waals surface area contributed by atoms with Crippen molar-refractivity contribution in [3.05, 3.63) is 69.3 Å². The first-order chi connectivity index (χ1) is 15.6. The standard InChI is InChI=1S/C22H16ClN3O4S2/c23-13-1-4-15(5-2-13)26-21(28)20-16(7-10-31-20)25-22(26)32-12-19(27)24-14-3-6-17-18(11-14)30-9-8-29-17/h1-7,10-11H,8-9,12H2,(H,24,27). The second kappa shape index (κ2) is 8.85. The molecule has 5 rings (SSSR count). The molecule has 32 heavy (non-hydrogen) atoms. The Morgan fingerprint density at radius 2 is 1.91 bits per heavy atom. The minimum Gasteiger partial charge on any atom is -0.486 e. The van der Waals surface area contributed by atoms with Gasteiger partial charge in [-0.25, -0.2) is 4.98 Å². The van der Waals surface area contributed by atoms with Crippen LogP contribution in [-0.4, -0.2) is 34.4 Å². The summed E-state index contributed by atoms with van der Waals surface area (Å²) in [6.45, 7) is 0.978. The van der Waals surface area contributed by atoms with Crippen LogP contribution in [0.2, 0.25) is 5.02 Å². The van der Waals surface area contributed by atoms with Crippen LogP contribution < -0.4 is 20.3 Å². The summed E-state index contributed by atoms with van der Waals surface area (Å²) in [5.41, 5.74) is 1.68. The second-order valence-electron chi connectivity index (χ2n) is 6.84. The van der Waals surface area contributed by atoms with E-state index in [0.29, 0.717) is 56.5 Å². The van der Waals surface area contributed by atoms with Crippen LogP contribution in [0.25, 0.3) is 15.9 Å². The lowest BCUT2D eigenvalue weighted by Crippen LogP contribution is -2.22. The summed E-state index contributed by atoms with van der Waals surface area (Å²) in [7, 11) is 0. The molecule has 2 aromatic heterocycles. The molecule has 0 atom stereocenters. The van der Waals surface area contributed by atoms with E-state index in [1.54, 1.807) is 48.5 Å². The van der Waals surface area contributed by atoms with Gasteiger partial charge in [-0.3, -0.25) is 14.2 Å². The van der Waals surface area contributed by atoms with E-state index in [9.17, 15) is 9.59 Å². The number of anilines is 1. The third-order valence-electron chi connectivity index (χ3n) is 4.69. The summed E-state index contributed by atoms with van der Waals surface area (Å²) >= 11 is 8.53. The zero-order valence-electron chi connectivity index (χ0n) is 16.5. The number of rotatable bonds is 5. The number of aromatic nitrogens is 2. The minimum atomic E-state index is -0.228. The van der Waals surface area contributed by atoms with E-state index >= 15 is 0 Å². The van der Waals surface area contributed by atoms with Gasteiger partial charge >= 0.3 is 0 Å². The second-order valence-corrected chi connectivity index (χ2v) is 9.14. The maximum absolute atomic E-state index is 13.1. The molecule has 1 aliphatic rings. The molecular formula is C22H16ClN3O4S2. The fourth-order valence-electron chi connectivity index (χ4n) is 3.25. The average Bonchev–Trinajstić information content (AvgIpc) is 3.28. The highest BCUT2D eigenvalue weighted by Gasteiger charge is 2.17. The number of thioether (sulfide) groups is 1. The number of fused-ring (bicyclic) bond motifs is 2. The molecule has 0 spiro atoms. The van der Waals surface area contributed by atoms with Crippen LogP contribution in [0.1, 0.15) is 0 Å². The molecule has 1 amide bonds. The number of nitrogens with zero attached hydrogens (tertiary/aromatic N) is 2. The summed E-state index contributed by atoms with van der Waals surface area (Å²) in [4.78, 5) is 30.4. The molecule has 3 heterocycles. The van der Waals surface area contributed by atoms with Crippen molar-refractivity contribution < 1.29 is 14.3 Å². The Kier molecular flexibility index (Phi) is 5.77. The largest absolute Gasteiger partial charge is 0.486 e. The van der Waals surface area contributed by atoms with Gasteiger partial charge in [-0.15, -0.1) is 11.3 Å². The molecule has 2 aromatic carbocycles. The number of nitrogens with one attached hydrogen (secondary N) is 1. The molecule has 0 fully saturated rings. The third kappa shape index (κ3) is 4.19. The minimum absolute atomic E-state index is 0.0735. The fraction of sp³-hybridized carbons (Fsp3) is 0.136. The van der Waals surface area contributed by atoms with E-state index in [-0.39, 0.29) is 17.2 Å². The molecule has 0 unspecified atom stereocenters. The number of hydrogen-bond acceptors (Lipinski definition) is 7. The molecule has 0 saturated carbocycles. The molecule has 0 saturated heterocycles. The van der Waals surface area contributed by atoms with Crippen LogP contribution >= 0.6 is 34.7 Å². The lowest BCUT2D eigenvalue weighted by atomic mass is 10.2. The number of halogens is 1. The van der Waals surface area contributed by atoms with Gasteiger partial charge < -0.3 is 14.8 Å². The van der Waals surface area contributed by atoms with Crippen molar-refractivity contribution in [3.8, 4) is 17.2 Å². The molecule has 0 bridgehead atoms. The Bertz CT molecular complexity index is 1370. The monoisotopic (exact) mass is 485 g/mol. The summed E-state index contributed by atoms with van der Waals surface area (Å²) in [6, 6.07) is 14.0. The third-order valence-corrected chi connectivity index (χ3v) is 6.77. The maximum Gasteiger partial charge on any atom is 0.276 e. The van der Waals surface area contributed by atoms with Crippen LogP contribution in [0.3, 0.4) is 0 Å². The molecule has 4 aromatic rings. The summed E-state index contributed by atoms with van der Waals surface area (Å²) < 4.78 is 13.1. The number of thiophene rings is 1. The van der Waals surface area contributed by atoms with Crippen LogP contribution in [0.5, 0.6) is 11.5 Å². The highest BCUT2D eigenvalue weighted by molar-refractivity contribution is 7.99. The first-order valence-electron chi connectivity index (χ1n) is 9.67. The first-order valence-corrected chi connectivity index (χ1v) is 11.9. The van der Waals surface area contributed by atoms with Gasteiger partial charge in [0.15, 0.2) is 16.7 Å². The van der Waals surface area contributed by atoms with Crippen molar-refractivity contribution >= 4 is 56.5 Å². The molecule has 0 aliphatic carbocycles.